The second kappa shape index (κ2) is 5.75. The molecule has 1 N–H and O–H groups in total. The SMILES string of the molecule is CS(=O)(=O)c1ccc(C(=O)O)c(Oc2ccc(Cl)cc2)c1. The third-order valence-electron chi connectivity index (χ3n) is 2.65. The minimum atomic E-state index is -3.46. The molecule has 0 atom stereocenters. The van der Waals surface area contributed by atoms with E-state index in [1.54, 1.807) is 24.3 Å². The fourth-order valence-electron chi connectivity index (χ4n) is 1.62. The van der Waals surface area contributed by atoms with Gasteiger partial charge in [-0.05, 0) is 36.4 Å². The van der Waals surface area contributed by atoms with E-state index >= 15 is 0 Å². The topological polar surface area (TPSA) is 80.7 Å². The number of sulfone groups is 1. The van der Waals surface area contributed by atoms with Gasteiger partial charge in [0.25, 0.3) is 0 Å². The molecule has 2 aromatic rings. The Morgan fingerprint density at radius 2 is 1.76 bits per heavy atom. The summed E-state index contributed by atoms with van der Waals surface area (Å²) in [5.41, 5.74) is -0.127. The number of hydrogen-bond acceptors (Lipinski definition) is 4. The molecule has 0 spiro atoms. The normalized spacial score (nSPS) is 11.1. The molecule has 5 nitrogen and oxygen atoms in total. The largest absolute Gasteiger partial charge is 0.478 e. The van der Waals surface area contributed by atoms with Crippen LogP contribution in [0.1, 0.15) is 10.4 Å². The van der Waals surface area contributed by atoms with Crippen LogP contribution >= 0.6 is 11.6 Å². The second-order valence-electron chi connectivity index (χ2n) is 4.29. The van der Waals surface area contributed by atoms with Gasteiger partial charge in [-0.15, -0.1) is 0 Å². The molecule has 21 heavy (non-hydrogen) atoms. The van der Waals surface area contributed by atoms with Gasteiger partial charge in [0.15, 0.2) is 9.84 Å². The molecule has 2 rings (SSSR count). The molecule has 0 aliphatic carbocycles. The summed E-state index contributed by atoms with van der Waals surface area (Å²) in [5, 5.41) is 9.64. The Morgan fingerprint density at radius 1 is 1.14 bits per heavy atom. The van der Waals surface area contributed by atoms with Gasteiger partial charge in [0.2, 0.25) is 0 Å². The van der Waals surface area contributed by atoms with Crippen molar-refractivity contribution in [2.45, 2.75) is 4.90 Å². The number of carbonyl (C=O) groups is 1. The third-order valence-corrected chi connectivity index (χ3v) is 4.02. The molecule has 0 bridgehead atoms. The van der Waals surface area contributed by atoms with Crippen molar-refractivity contribution in [3.8, 4) is 11.5 Å². The van der Waals surface area contributed by atoms with Crippen LogP contribution in [0.25, 0.3) is 0 Å². The Balaban J connectivity index is 2.48. The van der Waals surface area contributed by atoms with Gasteiger partial charge in [0.1, 0.15) is 17.1 Å². The molecule has 110 valence electrons. The van der Waals surface area contributed by atoms with Crippen LogP contribution < -0.4 is 4.74 Å². The highest BCUT2D eigenvalue weighted by Crippen LogP contribution is 2.29. The molecule has 0 amide bonds. The lowest BCUT2D eigenvalue weighted by atomic mass is 10.2. The fourth-order valence-corrected chi connectivity index (χ4v) is 2.39. The van der Waals surface area contributed by atoms with Crippen LogP contribution in [-0.2, 0) is 9.84 Å². The Bertz CT molecular complexity index is 782. The monoisotopic (exact) mass is 326 g/mol. The zero-order chi connectivity index (χ0) is 15.6. The number of carboxylic acids is 1. The number of hydrogen-bond donors (Lipinski definition) is 1. The zero-order valence-corrected chi connectivity index (χ0v) is 12.5. The van der Waals surface area contributed by atoms with Crippen molar-refractivity contribution in [1.29, 1.82) is 0 Å². The molecular weight excluding hydrogens is 316 g/mol. The quantitative estimate of drug-likeness (QED) is 0.932. The van der Waals surface area contributed by atoms with Gasteiger partial charge in [-0.3, -0.25) is 0 Å². The summed E-state index contributed by atoms with van der Waals surface area (Å²) in [6, 6.07) is 9.89. The van der Waals surface area contributed by atoms with Gasteiger partial charge in [-0.2, -0.15) is 0 Å². The van der Waals surface area contributed by atoms with Crippen LogP contribution in [-0.4, -0.2) is 25.7 Å². The van der Waals surface area contributed by atoms with Crippen molar-refractivity contribution < 1.29 is 23.1 Å². The molecular formula is C14H11ClO5S. The molecule has 0 heterocycles. The molecule has 0 unspecified atom stereocenters. The first kappa shape index (κ1) is 15.3. The molecule has 0 aliphatic rings. The number of carboxylic acid groups (broad SMARTS) is 1. The van der Waals surface area contributed by atoms with Crippen molar-refractivity contribution in [3.05, 3.63) is 53.1 Å². The lowest BCUT2D eigenvalue weighted by Gasteiger charge is -2.10. The van der Waals surface area contributed by atoms with Crippen molar-refractivity contribution in [1.82, 2.24) is 0 Å². The van der Waals surface area contributed by atoms with E-state index in [2.05, 4.69) is 0 Å². The van der Waals surface area contributed by atoms with Crippen LogP contribution in [0.5, 0.6) is 11.5 Å². The van der Waals surface area contributed by atoms with Gasteiger partial charge in [-0.25, -0.2) is 13.2 Å². The Hall–Kier alpha value is -2.05. The molecule has 7 heteroatoms. The minimum Gasteiger partial charge on any atom is -0.478 e. The van der Waals surface area contributed by atoms with Gasteiger partial charge in [0.05, 0.1) is 4.90 Å². The number of ether oxygens (including phenoxy) is 1. The second-order valence-corrected chi connectivity index (χ2v) is 6.74. The molecule has 0 aromatic heterocycles. The molecule has 2 aromatic carbocycles. The highest BCUT2D eigenvalue weighted by atomic mass is 35.5. The molecule has 0 radical (unpaired) electrons. The molecule has 0 fully saturated rings. The Labute approximate surface area is 126 Å². The molecule has 0 saturated heterocycles. The van der Waals surface area contributed by atoms with Crippen molar-refractivity contribution in [2.75, 3.05) is 6.26 Å². The lowest BCUT2D eigenvalue weighted by Crippen LogP contribution is -2.03. The summed E-state index contributed by atoms with van der Waals surface area (Å²) in [7, 11) is -3.46. The summed E-state index contributed by atoms with van der Waals surface area (Å²) in [6.45, 7) is 0. The first-order valence-electron chi connectivity index (χ1n) is 5.78. The highest BCUT2D eigenvalue weighted by molar-refractivity contribution is 7.90. The first-order chi connectivity index (χ1) is 9.77. The van der Waals surface area contributed by atoms with Gasteiger partial charge in [0, 0.05) is 17.3 Å². The van der Waals surface area contributed by atoms with Crippen LogP contribution in [0.15, 0.2) is 47.4 Å². The fraction of sp³-hybridized carbons (Fsp3) is 0.0714. The van der Waals surface area contributed by atoms with Crippen LogP contribution in [0.2, 0.25) is 5.02 Å². The summed E-state index contributed by atoms with van der Waals surface area (Å²) in [5.74, 6) is -0.903. The standard InChI is InChI=1S/C14H11ClO5S/c1-21(18,19)11-6-7-12(14(16)17)13(8-11)20-10-4-2-9(15)3-5-10/h2-8H,1H3,(H,16,17). The average molecular weight is 327 g/mol. The number of halogens is 1. The van der Waals surface area contributed by atoms with Crippen LogP contribution in [0.4, 0.5) is 0 Å². The number of aromatic carboxylic acids is 1. The van der Waals surface area contributed by atoms with Gasteiger partial charge < -0.3 is 9.84 Å². The van der Waals surface area contributed by atoms with E-state index in [1.165, 1.54) is 18.2 Å². The van der Waals surface area contributed by atoms with Crippen LogP contribution in [0.3, 0.4) is 0 Å². The van der Waals surface area contributed by atoms with Crippen molar-refractivity contribution in [3.63, 3.8) is 0 Å². The van der Waals surface area contributed by atoms with E-state index in [0.29, 0.717) is 10.8 Å². The summed E-state index contributed by atoms with van der Waals surface area (Å²) in [6.07, 6.45) is 1.04. The van der Waals surface area contributed by atoms with E-state index < -0.39 is 15.8 Å². The highest BCUT2D eigenvalue weighted by Gasteiger charge is 2.16. The predicted octanol–water partition coefficient (Wildman–Crippen LogP) is 3.23. The maximum Gasteiger partial charge on any atom is 0.339 e. The summed E-state index contributed by atoms with van der Waals surface area (Å²) < 4.78 is 28.5. The lowest BCUT2D eigenvalue weighted by molar-refractivity contribution is 0.0694. The Kier molecular flexibility index (Phi) is 4.20. The maximum absolute atomic E-state index is 11.5. The van der Waals surface area contributed by atoms with Crippen LogP contribution in [0, 0.1) is 0 Å². The first-order valence-corrected chi connectivity index (χ1v) is 8.05. The number of benzene rings is 2. The third kappa shape index (κ3) is 3.74. The van der Waals surface area contributed by atoms with E-state index in [9.17, 15) is 13.2 Å². The number of rotatable bonds is 4. The Morgan fingerprint density at radius 3 is 2.29 bits per heavy atom. The molecule has 0 aliphatic heterocycles. The minimum absolute atomic E-state index is 0.0172. The maximum atomic E-state index is 11.5. The summed E-state index contributed by atoms with van der Waals surface area (Å²) in [4.78, 5) is 11.2. The van der Waals surface area contributed by atoms with E-state index in [-0.39, 0.29) is 16.2 Å². The van der Waals surface area contributed by atoms with E-state index in [0.717, 1.165) is 6.26 Å². The van der Waals surface area contributed by atoms with Crippen molar-refractivity contribution >= 4 is 27.4 Å². The van der Waals surface area contributed by atoms with Gasteiger partial charge in [-0.1, -0.05) is 11.6 Å². The van der Waals surface area contributed by atoms with E-state index in [1.807, 2.05) is 0 Å². The van der Waals surface area contributed by atoms with Gasteiger partial charge >= 0.3 is 5.97 Å². The summed E-state index contributed by atoms with van der Waals surface area (Å²) >= 11 is 5.75. The predicted molar refractivity (Wildman–Crippen MR) is 78.0 cm³/mol. The zero-order valence-electron chi connectivity index (χ0n) is 10.9. The average Bonchev–Trinajstić information content (AvgIpc) is 2.40. The smallest absolute Gasteiger partial charge is 0.339 e. The van der Waals surface area contributed by atoms with E-state index in [4.69, 9.17) is 21.4 Å². The molecule has 0 saturated carbocycles. The van der Waals surface area contributed by atoms with Crippen molar-refractivity contribution in [2.24, 2.45) is 0 Å².